The fraction of sp³-hybridized carbons (Fsp3) is 0.421. The van der Waals surface area contributed by atoms with Gasteiger partial charge in [0.1, 0.15) is 0 Å². The fourth-order valence-corrected chi connectivity index (χ4v) is 4.45. The maximum Gasteiger partial charge on any atom is 0.240 e. The lowest BCUT2D eigenvalue weighted by atomic mass is 10.2. The molecule has 1 aromatic heterocycles. The second-order valence-electron chi connectivity index (χ2n) is 6.04. The number of guanidine groups is 1. The Morgan fingerprint density at radius 3 is 2.52 bits per heavy atom. The molecule has 1 aromatic carbocycles. The van der Waals surface area contributed by atoms with Crippen LogP contribution >= 0.6 is 35.3 Å². The normalized spacial score (nSPS) is 11.8. The summed E-state index contributed by atoms with van der Waals surface area (Å²) in [6.45, 7) is 3.87. The van der Waals surface area contributed by atoms with Gasteiger partial charge >= 0.3 is 0 Å². The van der Waals surface area contributed by atoms with E-state index < -0.39 is 10.0 Å². The van der Waals surface area contributed by atoms with Crippen LogP contribution in [0.4, 0.5) is 0 Å². The molecule has 7 nitrogen and oxygen atoms in total. The molecule has 29 heavy (non-hydrogen) atoms. The molecular weight excluding hydrogens is 523 g/mol. The van der Waals surface area contributed by atoms with E-state index in [1.807, 2.05) is 6.07 Å². The van der Waals surface area contributed by atoms with E-state index in [9.17, 15) is 8.42 Å². The van der Waals surface area contributed by atoms with E-state index in [1.54, 1.807) is 36.6 Å². The number of rotatable bonds is 10. The monoisotopic (exact) mass is 552 g/mol. The van der Waals surface area contributed by atoms with Crippen molar-refractivity contribution < 1.29 is 13.2 Å². The maximum absolute atomic E-state index is 12.3. The molecule has 0 bridgehead atoms. The predicted octanol–water partition coefficient (Wildman–Crippen LogP) is 2.72. The van der Waals surface area contributed by atoms with Crippen LogP contribution in [0.15, 0.2) is 46.3 Å². The van der Waals surface area contributed by atoms with Crippen molar-refractivity contribution in [3.8, 4) is 0 Å². The number of sulfonamides is 1. The lowest BCUT2D eigenvalue weighted by Gasteiger charge is -2.12. The van der Waals surface area contributed by atoms with Crippen LogP contribution in [0.5, 0.6) is 0 Å². The Morgan fingerprint density at radius 2 is 1.86 bits per heavy atom. The number of benzene rings is 1. The molecule has 0 fully saturated rings. The number of aryl methyl sites for hydroxylation is 1. The topological polar surface area (TPSA) is 91.8 Å². The first-order valence-electron chi connectivity index (χ1n) is 9.08. The Balaban J connectivity index is 0.00000420. The van der Waals surface area contributed by atoms with E-state index in [-0.39, 0.29) is 35.4 Å². The molecule has 0 saturated carbocycles. The van der Waals surface area contributed by atoms with Crippen molar-refractivity contribution in [2.45, 2.75) is 31.3 Å². The smallest absolute Gasteiger partial charge is 0.240 e. The molecule has 0 aliphatic heterocycles. The highest BCUT2D eigenvalue weighted by atomic mass is 127. The van der Waals surface area contributed by atoms with Crippen LogP contribution in [-0.4, -0.2) is 41.7 Å². The fourth-order valence-electron chi connectivity index (χ4n) is 2.47. The minimum atomic E-state index is -3.55. The van der Waals surface area contributed by atoms with Crippen LogP contribution in [-0.2, 0) is 34.3 Å². The second kappa shape index (κ2) is 13.2. The summed E-state index contributed by atoms with van der Waals surface area (Å²) in [4.78, 5) is 7.06. The summed E-state index contributed by atoms with van der Waals surface area (Å²) in [5.41, 5.74) is 0.849. The largest absolute Gasteiger partial charge is 0.383 e. The third kappa shape index (κ3) is 8.59. The summed E-state index contributed by atoms with van der Waals surface area (Å²) in [6.07, 6.45) is 1.04. The van der Waals surface area contributed by atoms with Gasteiger partial charge in [0.15, 0.2) is 5.96 Å². The van der Waals surface area contributed by atoms with Gasteiger partial charge in [0.25, 0.3) is 0 Å². The molecule has 162 valence electrons. The van der Waals surface area contributed by atoms with E-state index >= 15 is 0 Å². The van der Waals surface area contributed by atoms with Crippen molar-refractivity contribution >= 4 is 51.3 Å². The van der Waals surface area contributed by atoms with Gasteiger partial charge in [0.2, 0.25) is 10.0 Å². The number of aliphatic imine (C=N–C) groups is 1. The maximum atomic E-state index is 12.3. The van der Waals surface area contributed by atoms with Crippen molar-refractivity contribution in [1.82, 2.24) is 15.4 Å². The Hall–Kier alpha value is -1.21. The second-order valence-corrected chi connectivity index (χ2v) is 9.06. The third-order valence-corrected chi connectivity index (χ3v) is 6.67. The highest BCUT2D eigenvalue weighted by Gasteiger charge is 2.13. The average Bonchev–Trinajstić information content (AvgIpc) is 3.16. The molecule has 2 aromatic rings. The molecule has 10 heteroatoms. The predicted molar refractivity (Wildman–Crippen MR) is 130 cm³/mol. The lowest BCUT2D eigenvalue weighted by molar-refractivity contribution is 0.204. The minimum Gasteiger partial charge on any atom is -0.383 e. The number of hydrogen-bond donors (Lipinski definition) is 3. The summed E-state index contributed by atoms with van der Waals surface area (Å²) >= 11 is 1.78. The number of nitrogens with one attached hydrogen (secondary N) is 3. The van der Waals surface area contributed by atoms with Crippen LogP contribution in [0.25, 0.3) is 0 Å². The first kappa shape index (κ1) is 25.8. The van der Waals surface area contributed by atoms with Crippen LogP contribution in [0.2, 0.25) is 0 Å². The van der Waals surface area contributed by atoms with Crippen molar-refractivity contribution in [2.24, 2.45) is 4.99 Å². The molecule has 1 heterocycles. The Morgan fingerprint density at radius 1 is 1.14 bits per heavy atom. The van der Waals surface area contributed by atoms with E-state index in [0.717, 1.165) is 12.0 Å². The van der Waals surface area contributed by atoms with Crippen molar-refractivity contribution in [2.75, 3.05) is 27.3 Å². The van der Waals surface area contributed by atoms with Gasteiger partial charge in [-0.3, -0.25) is 4.99 Å². The number of ether oxygens (including phenoxy) is 1. The van der Waals surface area contributed by atoms with Gasteiger partial charge in [-0.15, -0.1) is 35.3 Å². The molecule has 0 atom stereocenters. The zero-order valence-electron chi connectivity index (χ0n) is 16.9. The molecule has 0 radical (unpaired) electrons. The van der Waals surface area contributed by atoms with Crippen molar-refractivity contribution in [3.63, 3.8) is 0 Å². The molecular formula is C19H29IN4O3S2. The van der Waals surface area contributed by atoms with E-state index in [2.05, 4.69) is 39.4 Å². The summed E-state index contributed by atoms with van der Waals surface area (Å²) in [5.74, 6) is 0.665. The molecule has 0 unspecified atom stereocenters. The number of hydrogen-bond acceptors (Lipinski definition) is 5. The van der Waals surface area contributed by atoms with Gasteiger partial charge in [-0.1, -0.05) is 19.1 Å². The SMILES string of the molecule is CCc1ccc(CNC(=NC)NCc2cccc(S(=O)(=O)NCCOC)c2)s1.I. The number of nitrogens with zero attached hydrogens (tertiary/aromatic N) is 1. The quantitative estimate of drug-likeness (QED) is 0.183. The summed E-state index contributed by atoms with van der Waals surface area (Å²) in [5, 5.41) is 6.49. The Labute approximate surface area is 194 Å². The van der Waals surface area contributed by atoms with Crippen LogP contribution in [0.3, 0.4) is 0 Å². The Kier molecular flexibility index (Phi) is 11.7. The first-order valence-corrected chi connectivity index (χ1v) is 11.4. The highest BCUT2D eigenvalue weighted by molar-refractivity contribution is 14.0. The van der Waals surface area contributed by atoms with E-state index in [4.69, 9.17) is 4.74 Å². The number of halogens is 1. The molecule has 0 aliphatic carbocycles. The standard InChI is InChI=1S/C19H28N4O3S2.HI/c1-4-16-8-9-17(27-16)14-22-19(20-2)21-13-15-6-5-7-18(12-15)28(24,25)23-10-11-26-3;/h5-9,12,23H,4,10-11,13-14H2,1-3H3,(H2,20,21,22);1H. The van der Waals surface area contributed by atoms with Crippen LogP contribution < -0.4 is 15.4 Å². The van der Waals surface area contributed by atoms with Crippen molar-refractivity contribution in [1.29, 1.82) is 0 Å². The minimum absolute atomic E-state index is 0. The van der Waals surface area contributed by atoms with Gasteiger partial charge in [-0.05, 0) is 36.2 Å². The van der Waals surface area contributed by atoms with Gasteiger partial charge in [0.05, 0.1) is 18.0 Å². The van der Waals surface area contributed by atoms with Gasteiger partial charge in [-0.2, -0.15) is 0 Å². The number of thiophene rings is 1. The van der Waals surface area contributed by atoms with Gasteiger partial charge in [-0.25, -0.2) is 13.1 Å². The molecule has 2 rings (SSSR count). The molecule has 0 aliphatic rings. The Bertz CT molecular complexity index is 885. The van der Waals surface area contributed by atoms with E-state index in [0.29, 0.717) is 25.7 Å². The first-order chi connectivity index (χ1) is 13.5. The number of methoxy groups -OCH3 is 1. The summed E-state index contributed by atoms with van der Waals surface area (Å²) in [6, 6.07) is 11.1. The summed E-state index contributed by atoms with van der Waals surface area (Å²) in [7, 11) is -0.307. The zero-order valence-corrected chi connectivity index (χ0v) is 20.9. The zero-order chi connectivity index (χ0) is 20.4. The molecule has 3 N–H and O–H groups in total. The van der Waals surface area contributed by atoms with Crippen LogP contribution in [0, 0.1) is 0 Å². The van der Waals surface area contributed by atoms with Crippen LogP contribution in [0.1, 0.15) is 22.2 Å². The van der Waals surface area contributed by atoms with E-state index in [1.165, 1.54) is 16.9 Å². The summed E-state index contributed by atoms with van der Waals surface area (Å²) < 4.78 is 32.0. The average molecular weight is 553 g/mol. The van der Waals surface area contributed by atoms with Gasteiger partial charge < -0.3 is 15.4 Å². The highest BCUT2D eigenvalue weighted by Crippen LogP contribution is 2.16. The lowest BCUT2D eigenvalue weighted by Crippen LogP contribution is -2.36. The van der Waals surface area contributed by atoms with Crippen molar-refractivity contribution in [3.05, 3.63) is 51.7 Å². The molecule has 0 amide bonds. The molecule has 0 spiro atoms. The molecule has 0 saturated heterocycles. The van der Waals surface area contributed by atoms with Gasteiger partial charge in [0, 0.05) is 37.0 Å². The third-order valence-electron chi connectivity index (χ3n) is 3.99.